The van der Waals surface area contributed by atoms with E-state index in [1.54, 1.807) is 0 Å². The van der Waals surface area contributed by atoms with Gasteiger partial charge in [-0.25, -0.2) is 4.79 Å². The van der Waals surface area contributed by atoms with E-state index in [0.717, 1.165) is 4.68 Å². The van der Waals surface area contributed by atoms with Crippen LogP contribution in [0.5, 0.6) is 0 Å². The fourth-order valence-corrected chi connectivity index (χ4v) is 2.35. The molecule has 1 aromatic rings. The van der Waals surface area contributed by atoms with Crippen molar-refractivity contribution in [3.05, 3.63) is 12.4 Å². The lowest BCUT2D eigenvalue weighted by Gasteiger charge is -2.19. The third-order valence-corrected chi connectivity index (χ3v) is 3.90. The number of carbonyl (C=O) groups is 3. The molecule has 2 amide bonds. The second-order valence-corrected chi connectivity index (χ2v) is 6.32. The van der Waals surface area contributed by atoms with Crippen LogP contribution in [0.1, 0.15) is 20.3 Å². The predicted molar refractivity (Wildman–Crippen MR) is 78.6 cm³/mol. The van der Waals surface area contributed by atoms with E-state index in [1.807, 2.05) is 0 Å². The number of anilines is 1. The Morgan fingerprint density at radius 3 is 2.60 bits per heavy atom. The van der Waals surface area contributed by atoms with Crippen LogP contribution in [0.2, 0.25) is 0 Å². The number of nitrogens with zero attached hydrogens (tertiary/aromatic N) is 3. The van der Waals surface area contributed by atoms with Gasteiger partial charge in [0.2, 0.25) is 11.8 Å². The quantitative estimate of drug-likeness (QED) is 0.815. The minimum atomic E-state index is -4.52. The molecule has 1 saturated heterocycles. The van der Waals surface area contributed by atoms with Gasteiger partial charge in [-0.1, -0.05) is 0 Å². The van der Waals surface area contributed by atoms with E-state index in [0.29, 0.717) is 4.90 Å². The smallest absolute Gasteiger partial charge is 0.406 e. The van der Waals surface area contributed by atoms with E-state index in [1.165, 1.54) is 26.2 Å². The van der Waals surface area contributed by atoms with E-state index in [4.69, 9.17) is 5.11 Å². The number of nitrogens with one attached hydrogen (secondary N) is 1. The molecule has 1 aliphatic heterocycles. The second kappa shape index (κ2) is 6.37. The summed E-state index contributed by atoms with van der Waals surface area (Å²) in [6.45, 7) is 1.12. The van der Waals surface area contributed by atoms with Crippen LogP contribution < -0.4 is 5.32 Å². The molecule has 1 aliphatic rings. The minimum Gasteiger partial charge on any atom is -0.479 e. The van der Waals surface area contributed by atoms with Crippen molar-refractivity contribution in [1.82, 2.24) is 14.7 Å². The summed E-state index contributed by atoms with van der Waals surface area (Å²) < 4.78 is 38.3. The van der Waals surface area contributed by atoms with Crippen molar-refractivity contribution < 1.29 is 32.7 Å². The Kier molecular flexibility index (Phi) is 4.78. The van der Waals surface area contributed by atoms with Crippen LogP contribution in [-0.4, -0.2) is 56.8 Å². The summed E-state index contributed by atoms with van der Waals surface area (Å²) in [5, 5.41) is 15.4. The number of alkyl halides is 3. The molecule has 0 spiro atoms. The first-order chi connectivity index (χ1) is 11.4. The van der Waals surface area contributed by atoms with Crippen molar-refractivity contribution in [3.8, 4) is 0 Å². The standard InChI is InChI=1S/C14H17F3N4O4/c1-13(2,12(24)25)21-6-9(4-18-21)19-11(23)8-3-10(22)20(5-8)7-14(15,16)17/h4,6,8H,3,5,7H2,1-2H3,(H,19,23)(H,24,25). The molecule has 0 bridgehead atoms. The second-order valence-electron chi connectivity index (χ2n) is 6.32. The molecule has 0 saturated carbocycles. The van der Waals surface area contributed by atoms with Crippen molar-refractivity contribution in [2.75, 3.05) is 18.4 Å². The summed E-state index contributed by atoms with van der Waals surface area (Å²) >= 11 is 0. The van der Waals surface area contributed by atoms with Crippen molar-refractivity contribution in [3.63, 3.8) is 0 Å². The van der Waals surface area contributed by atoms with Crippen molar-refractivity contribution in [2.24, 2.45) is 5.92 Å². The zero-order valence-electron chi connectivity index (χ0n) is 13.5. The predicted octanol–water partition coefficient (Wildman–Crippen LogP) is 1.05. The molecule has 0 aliphatic carbocycles. The number of likely N-dealkylation sites (tertiary alicyclic amines) is 1. The Morgan fingerprint density at radius 2 is 2.04 bits per heavy atom. The maximum atomic E-state index is 12.4. The first-order valence-electron chi connectivity index (χ1n) is 7.34. The number of hydrogen-bond acceptors (Lipinski definition) is 4. The SMILES string of the molecule is CC(C)(C(=O)O)n1cc(NC(=O)C2CC(=O)N(CC(F)(F)F)C2)cn1. The molecule has 1 fully saturated rings. The third-order valence-electron chi connectivity index (χ3n) is 3.90. The van der Waals surface area contributed by atoms with E-state index >= 15 is 0 Å². The summed E-state index contributed by atoms with van der Waals surface area (Å²) in [6.07, 6.45) is -2.30. The average Bonchev–Trinajstić information content (AvgIpc) is 3.05. The molecule has 2 rings (SSSR count). The van der Waals surface area contributed by atoms with Crippen LogP contribution in [0.25, 0.3) is 0 Å². The topological polar surface area (TPSA) is 105 Å². The van der Waals surface area contributed by atoms with Gasteiger partial charge in [-0.2, -0.15) is 18.3 Å². The van der Waals surface area contributed by atoms with Crippen LogP contribution in [-0.2, 0) is 19.9 Å². The van der Waals surface area contributed by atoms with E-state index in [2.05, 4.69) is 10.4 Å². The molecule has 1 atom stereocenters. The van der Waals surface area contributed by atoms with Gasteiger partial charge in [0, 0.05) is 19.2 Å². The van der Waals surface area contributed by atoms with Gasteiger partial charge >= 0.3 is 12.1 Å². The van der Waals surface area contributed by atoms with E-state index in [9.17, 15) is 27.6 Å². The summed E-state index contributed by atoms with van der Waals surface area (Å²) in [4.78, 5) is 35.5. The number of carbonyl (C=O) groups excluding carboxylic acids is 2. The zero-order chi connectivity index (χ0) is 19.0. The zero-order valence-corrected chi connectivity index (χ0v) is 13.5. The number of rotatable bonds is 5. The van der Waals surface area contributed by atoms with Crippen LogP contribution in [0, 0.1) is 5.92 Å². The molecule has 8 nitrogen and oxygen atoms in total. The van der Waals surface area contributed by atoms with Gasteiger partial charge in [0.25, 0.3) is 0 Å². The number of hydrogen-bond donors (Lipinski definition) is 2. The van der Waals surface area contributed by atoms with Gasteiger partial charge < -0.3 is 15.3 Å². The van der Waals surface area contributed by atoms with E-state index in [-0.39, 0.29) is 18.7 Å². The highest BCUT2D eigenvalue weighted by Gasteiger charge is 2.40. The third kappa shape index (κ3) is 4.28. The largest absolute Gasteiger partial charge is 0.479 e. The number of carboxylic acids is 1. The highest BCUT2D eigenvalue weighted by molar-refractivity contribution is 5.97. The van der Waals surface area contributed by atoms with E-state index < -0.39 is 42.0 Å². The molecule has 138 valence electrons. The van der Waals surface area contributed by atoms with Crippen molar-refractivity contribution >= 4 is 23.5 Å². The molecule has 25 heavy (non-hydrogen) atoms. The summed E-state index contributed by atoms with van der Waals surface area (Å²) in [6, 6.07) is 0. The summed E-state index contributed by atoms with van der Waals surface area (Å²) in [5.74, 6) is -3.39. The van der Waals surface area contributed by atoms with Gasteiger partial charge in [-0.15, -0.1) is 0 Å². The minimum absolute atomic E-state index is 0.195. The van der Waals surface area contributed by atoms with Crippen LogP contribution in [0.15, 0.2) is 12.4 Å². The Hall–Kier alpha value is -2.59. The molecule has 2 N–H and O–H groups in total. The first kappa shape index (κ1) is 18.7. The van der Waals surface area contributed by atoms with Crippen LogP contribution in [0.4, 0.5) is 18.9 Å². The fourth-order valence-electron chi connectivity index (χ4n) is 2.35. The summed E-state index contributed by atoms with van der Waals surface area (Å²) in [5.41, 5.74) is -1.14. The van der Waals surface area contributed by atoms with Gasteiger partial charge in [0.15, 0.2) is 5.54 Å². The Morgan fingerprint density at radius 1 is 1.40 bits per heavy atom. The molecule has 0 radical (unpaired) electrons. The summed E-state index contributed by atoms with van der Waals surface area (Å²) in [7, 11) is 0. The van der Waals surface area contributed by atoms with Crippen LogP contribution in [0.3, 0.4) is 0 Å². The normalized spacial score (nSPS) is 18.5. The molecule has 1 aromatic heterocycles. The molecular weight excluding hydrogens is 345 g/mol. The lowest BCUT2D eigenvalue weighted by atomic mass is 10.1. The maximum Gasteiger partial charge on any atom is 0.406 e. The Labute approximate surface area is 140 Å². The maximum absolute atomic E-state index is 12.4. The van der Waals surface area contributed by atoms with Gasteiger partial charge in [-0.3, -0.25) is 14.3 Å². The fraction of sp³-hybridized carbons (Fsp3) is 0.571. The Bertz CT molecular complexity index is 698. The van der Waals surface area contributed by atoms with Crippen molar-refractivity contribution in [1.29, 1.82) is 0 Å². The van der Waals surface area contributed by atoms with Crippen molar-refractivity contribution in [2.45, 2.75) is 32.0 Å². The molecule has 0 aromatic carbocycles. The first-order valence-corrected chi connectivity index (χ1v) is 7.34. The average molecular weight is 362 g/mol. The van der Waals surface area contributed by atoms with Crippen LogP contribution >= 0.6 is 0 Å². The highest BCUT2D eigenvalue weighted by atomic mass is 19.4. The number of halogens is 3. The lowest BCUT2D eigenvalue weighted by molar-refractivity contribution is -0.157. The molecule has 11 heteroatoms. The molecule has 2 heterocycles. The molecular formula is C14H17F3N4O4. The van der Waals surface area contributed by atoms with Gasteiger partial charge in [0.1, 0.15) is 6.54 Å². The number of aromatic nitrogens is 2. The molecule has 1 unspecified atom stereocenters. The van der Waals surface area contributed by atoms with Gasteiger partial charge in [0.05, 0.1) is 17.8 Å². The van der Waals surface area contributed by atoms with Gasteiger partial charge in [-0.05, 0) is 13.8 Å². The number of carboxylic acid groups (broad SMARTS) is 1. The monoisotopic (exact) mass is 362 g/mol. The Balaban J connectivity index is 2.01. The number of aliphatic carboxylic acids is 1. The number of amides is 2. The highest BCUT2D eigenvalue weighted by Crippen LogP contribution is 2.25. The lowest BCUT2D eigenvalue weighted by Crippen LogP contribution is -2.36.